The number of benzene rings is 7. The molecule has 2 heterocycles. The van der Waals surface area contributed by atoms with E-state index in [1.807, 2.05) is 30.3 Å². The van der Waals surface area contributed by atoms with E-state index in [4.69, 9.17) is 14.4 Å². The Morgan fingerprint density at radius 1 is 0.382 bits per heavy atom. The molecule has 2 aliphatic rings. The lowest BCUT2D eigenvalue weighted by atomic mass is 9.79. The molecule has 0 radical (unpaired) electrons. The number of nitrogens with zero attached hydrogens (tertiary/aromatic N) is 2. The topological polar surface area (TPSA) is 38.9 Å². The van der Waals surface area contributed by atoms with E-state index in [-0.39, 0.29) is 10.8 Å². The van der Waals surface area contributed by atoms with Crippen LogP contribution in [0.2, 0.25) is 0 Å². The van der Waals surface area contributed by atoms with Crippen LogP contribution in [0.5, 0.6) is 0 Å². The second-order valence-electron chi connectivity index (χ2n) is 16.2. The fourth-order valence-electron chi connectivity index (χ4n) is 9.39. The summed E-state index contributed by atoms with van der Waals surface area (Å²) in [5, 5.41) is 2.22. The summed E-state index contributed by atoms with van der Waals surface area (Å²) in [5.74, 6) is 0.694. The van der Waals surface area contributed by atoms with Crippen molar-refractivity contribution in [1.29, 1.82) is 0 Å². The Morgan fingerprint density at radius 2 is 0.982 bits per heavy atom. The van der Waals surface area contributed by atoms with E-state index in [0.717, 1.165) is 50.0 Å². The zero-order valence-electron chi connectivity index (χ0n) is 31.3. The Balaban J connectivity index is 1.02. The van der Waals surface area contributed by atoms with Crippen molar-refractivity contribution in [2.45, 2.75) is 38.5 Å². The van der Waals surface area contributed by atoms with Gasteiger partial charge in [0.05, 0.1) is 11.4 Å². The lowest BCUT2D eigenvalue weighted by Crippen LogP contribution is -2.16. The van der Waals surface area contributed by atoms with Crippen molar-refractivity contribution in [3.63, 3.8) is 0 Å². The van der Waals surface area contributed by atoms with E-state index in [9.17, 15) is 0 Å². The van der Waals surface area contributed by atoms with Crippen molar-refractivity contribution in [3.05, 3.63) is 180 Å². The first-order chi connectivity index (χ1) is 26.8. The van der Waals surface area contributed by atoms with Gasteiger partial charge in [0.15, 0.2) is 5.82 Å². The first kappa shape index (κ1) is 31.9. The van der Waals surface area contributed by atoms with Crippen LogP contribution < -0.4 is 0 Å². The van der Waals surface area contributed by atoms with Crippen molar-refractivity contribution >= 4 is 21.9 Å². The maximum atomic E-state index is 6.27. The largest absolute Gasteiger partial charge is 0.456 e. The van der Waals surface area contributed by atoms with Crippen molar-refractivity contribution < 1.29 is 4.42 Å². The second kappa shape index (κ2) is 11.5. The van der Waals surface area contributed by atoms with Crippen LogP contribution in [0, 0.1) is 0 Å². The molecule has 55 heavy (non-hydrogen) atoms. The summed E-state index contributed by atoms with van der Waals surface area (Å²) in [6, 6.07) is 56.6. The van der Waals surface area contributed by atoms with Gasteiger partial charge in [0.25, 0.3) is 0 Å². The molecule has 0 bridgehead atoms. The first-order valence-electron chi connectivity index (χ1n) is 19.2. The molecule has 262 valence electrons. The highest BCUT2D eigenvalue weighted by molar-refractivity contribution is 6.06. The predicted octanol–water partition coefficient (Wildman–Crippen LogP) is 13.7. The molecule has 2 aliphatic carbocycles. The van der Waals surface area contributed by atoms with Gasteiger partial charge in [0.2, 0.25) is 0 Å². The molecule has 0 atom stereocenters. The van der Waals surface area contributed by atoms with Gasteiger partial charge < -0.3 is 4.42 Å². The molecule has 0 N–H and O–H groups in total. The molecule has 11 rings (SSSR count). The molecule has 7 aromatic carbocycles. The SMILES string of the molecule is CC1(C)c2ccccc2-c2cc3c(cc21)-c1c(-c2ccc(-c4cc(-c5ccc6c(c5)oc5ccccc56)nc(-c5ccccc5)n4)cc2)cccc1C3(C)C. The minimum Gasteiger partial charge on any atom is -0.456 e. The van der Waals surface area contributed by atoms with E-state index < -0.39 is 0 Å². The third kappa shape index (κ3) is 4.69. The molecule has 3 heteroatoms. The van der Waals surface area contributed by atoms with Gasteiger partial charge in [-0.2, -0.15) is 0 Å². The molecular weight excluding hydrogens is 669 g/mol. The minimum atomic E-state index is -0.117. The zero-order chi connectivity index (χ0) is 37.1. The lowest BCUT2D eigenvalue weighted by molar-refractivity contribution is 0.652. The standard InChI is InChI=1S/C52H38N2O/c1-51(2)41-18-10-8-15-36(41)39-28-44-40(29-43(39)51)49-35(17-12-19-42(49)52(44,3)4)31-21-23-32(24-22-31)45-30-46(54-50(53-45)33-13-6-5-7-14-33)34-25-26-38-37-16-9-11-20-47(37)55-48(38)27-34/h5-30H,1-4H3. The Labute approximate surface area is 321 Å². The molecule has 0 aliphatic heterocycles. The molecule has 3 nitrogen and oxygen atoms in total. The summed E-state index contributed by atoms with van der Waals surface area (Å²) in [4.78, 5) is 10.2. The number of rotatable bonds is 4. The fourth-order valence-corrected chi connectivity index (χ4v) is 9.39. The zero-order valence-corrected chi connectivity index (χ0v) is 31.3. The van der Waals surface area contributed by atoms with Gasteiger partial charge in [0.1, 0.15) is 11.2 Å². The number of furan rings is 1. The third-order valence-electron chi connectivity index (χ3n) is 12.3. The molecule has 0 fully saturated rings. The van der Waals surface area contributed by atoms with E-state index in [2.05, 4.69) is 155 Å². The van der Waals surface area contributed by atoms with Crippen LogP contribution in [0.1, 0.15) is 49.9 Å². The summed E-state index contributed by atoms with van der Waals surface area (Å²) in [6.45, 7) is 9.50. The highest BCUT2D eigenvalue weighted by atomic mass is 16.3. The van der Waals surface area contributed by atoms with Crippen LogP contribution in [-0.2, 0) is 10.8 Å². The second-order valence-corrected chi connectivity index (χ2v) is 16.2. The van der Waals surface area contributed by atoms with Crippen molar-refractivity contribution in [2.24, 2.45) is 0 Å². The predicted molar refractivity (Wildman–Crippen MR) is 226 cm³/mol. The van der Waals surface area contributed by atoms with E-state index in [1.54, 1.807) is 0 Å². The Hall–Kier alpha value is -6.58. The molecule has 0 saturated heterocycles. The quantitative estimate of drug-likeness (QED) is 0.183. The smallest absolute Gasteiger partial charge is 0.160 e. The molecular formula is C52H38N2O. The van der Waals surface area contributed by atoms with Gasteiger partial charge in [-0.1, -0.05) is 149 Å². The first-order valence-corrected chi connectivity index (χ1v) is 19.2. The number of hydrogen-bond acceptors (Lipinski definition) is 3. The van der Waals surface area contributed by atoms with Crippen molar-refractivity contribution in [2.75, 3.05) is 0 Å². The van der Waals surface area contributed by atoms with Gasteiger partial charge >= 0.3 is 0 Å². The van der Waals surface area contributed by atoms with E-state index in [1.165, 1.54) is 55.6 Å². The van der Waals surface area contributed by atoms with Gasteiger partial charge in [-0.15, -0.1) is 0 Å². The molecule has 0 spiro atoms. The molecule has 2 aromatic heterocycles. The maximum Gasteiger partial charge on any atom is 0.160 e. The average Bonchev–Trinajstić information content (AvgIpc) is 3.79. The molecule has 0 amide bonds. The van der Waals surface area contributed by atoms with Crippen molar-refractivity contribution in [1.82, 2.24) is 9.97 Å². The number of hydrogen-bond donors (Lipinski definition) is 0. The summed E-state index contributed by atoms with van der Waals surface area (Å²) >= 11 is 0. The van der Waals surface area contributed by atoms with Gasteiger partial charge in [-0.25, -0.2) is 9.97 Å². The average molecular weight is 707 g/mol. The summed E-state index contributed by atoms with van der Waals surface area (Å²) in [7, 11) is 0. The Kier molecular flexibility index (Phi) is 6.65. The third-order valence-corrected chi connectivity index (χ3v) is 12.3. The van der Waals surface area contributed by atoms with E-state index >= 15 is 0 Å². The van der Waals surface area contributed by atoms with Crippen molar-refractivity contribution in [3.8, 4) is 67.3 Å². The van der Waals surface area contributed by atoms with Gasteiger partial charge in [-0.05, 0) is 92.0 Å². The summed E-state index contributed by atoms with van der Waals surface area (Å²) < 4.78 is 6.27. The normalized spacial score (nSPS) is 14.5. The molecule has 9 aromatic rings. The van der Waals surface area contributed by atoms with E-state index in [0.29, 0.717) is 5.82 Å². The maximum absolute atomic E-state index is 6.27. The van der Waals surface area contributed by atoms with Gasteiger partial charge in [0, 0.05) is 38.3 Å². The highest BCUT2D eigenvalue weighted by Gasteiger charge is 2.42. The fraction of sp³-hybridized carbons (Fsp3) is 0.115. The highest BCUT2D eigenvalue weighted by Crippen LogP contribution is 2.57. The van der Waals surface area contributed by atoms with Crippen LogP contribution in [0.15, 0.2) is 162 Å². The number of para-hydroxylation sites is 1. The van der Waals surface area contributed by atoms with Crippen LogP contribution in [0.3, 0.4) is 0 Å². The van der Waals surface area contributed by atoms with Gasteiger partial charge in [-0.3, -0.25) is 0 Å². The van der Waals surface area contributed by atoms with Crippen LogP contribution >= 0.6 is 0 Å². The minimum absolute atomic E-state index is 0.0583. The number of aromatic nitrogens is 2. The van der Waals surface area contributed by atoms with Crippen LogP contribution in [0.25, 0.3) is 89.2 Å². The lowest BCUT2D eigenvalue weighted by Gasteiger charge is -2.24. The van der Waals surface area contributed by atoms with Crippen LogP contribution in [0.4, 0.5) is 0 Å². The summed E-state index contributed by atoms with van der Waals surface area (Å²) in [5.41, 5.74) is 19.8. The molecule has 0 unspecified atom stereocenters. The number of fused-ring (bicyclic) bond motifs is 9. The Bertz CT molecular complexity index is 3020. The Morgan fingerprint density at radius 3 is 1.82 bits per heavy atom. The summed E-state index contributed by atoms with van der Waals surface area (Å²) in [6.07, 6.45) is 0. The monoisotopic (exact) mass is 706 g/mol. The molecule has 0 saturated carbocycles. The van der Waals surface area contributed by atoms with Crippen LogP contribution in [-0.4, -0.2) is 9.97 Å².